The number of carbonyl (C=O) groups excluding carboxylic acids is 1. The largest absolute Gasteiger partial charge is 0.495 e. The lowest BCUT2D eigenvalue weighted by atomic mass is 10.2. The van der Waals surface area contributed by atoms with Gasteiger partial charge in [-0.3, -0.25) is 4.79 Å². The number of hydrogen-bond donors (Lipinski definition) is 0. The topological polar surface area (TPSA) is 94.0 Å². The number of sulfonamides is 1. The minimum absolute atomic E-state index is 0.0479. The molecule has 0 spiro atoms. The molecule has 0 N–H and O–H groups in total. The van der Waals surface area contributed by atoms with Crippen molar-refractivity contribution < 1.29 is 17.9 Å². The third-order valence-corrected chi connectivity index (χ3v) is 8.16. The molecule has 2 saturated heterocycles. The highest BCUT2D eigenvalue weighted by Gasteiger charge is 2.31. The normalized spacial score (nSPS) is 17.5. The van der Waals surface area contributed by atoms with Crippen LogP contribution in [0.5, 0.6) is 5.75 Å². The zero-order valence-corrected chi connectivity index (χ0v) is 19.6. The van der Waals surface area contributed by atoms with E-state index in [0.717, 1.165) is 31.5 Å². The lowest BCUT2D eigenvalue weighted by molar-refractivity contribution is 0.0766. The van der Waals surface area contributed by atoms with Crippen LogP contribution in [0.3, 0.4) is 0 Å². The average molecular weight is 469 g/mol. The predicted molar refractivity (Wildman–Crippen MR) is 125 cm³/mol. The van der Waals surface area contributed by atoms with Crippen LogP contribution in [-0.4, -0.2) is 69.9 Å². The third-order valence-electron chi connectivity index (χ3n) is 6.24. The van der Waals surface area contributed by atoms with Crippen molar-refractivity contribution in [3.8, 4) is 11.8 Å². The highest BCUT2D eigenvalue weighted by Crippen LogP contribution is 2.30. The Labute approximate surface area is 195 Å². The minimum Gasteiger partial charge on any atom is -0.495 e. The van der Waals surface area contributed by atoms with Gasteiger partial charge in [0.1, 0.15) is 10.6 Å². The van der Waals surface area contributed by atoms with Crippen molar-refractivity contribution in [2.24, 2.45) is 0 Å². The third kappa shape index (κ3) is 4.82. The molecule has 4 rings (SSSR count). The van der Waals surface area contributed by atoms with E-state index in [1.165, 1.54) is 17.5 Å². The molecule has 8 nitrogen and oxygen atoms in total. The number of hydrogen-bond acceptors (Lipinski definition) is 6. The SMILES string of the molecule is COc1ccc(C(=O)N2CCCN(c3ccc(C#N)cc3)CC2)cc1S(=O)(=O)N1CCCC1. The lowest BCUT2D eigenvalue weighted by Gasteiger charge is -2.24. The van der Waals surface area contributed by atoms with Gasteiger partial charge in [-0.15, -0.1) is 0 Å². The van der Waals surface area contributed by atoms with Crippen molar-refractivity contribution in [3.63, 3.8) is 0 Å². The molecule has 0 saturated carbocycles. The molecule has 2 aromatic rings. The van der Waals surface area contributed by atoms with E-state index in [9.17, 15) is 13.2 Å². The minimum atomic E-state index is -3.72. The summed E-state index contributed by atoms with van der Waals surface area (Å²) in [7, 11) is -2.28. The van der Waals surface area contributed by atoms with Gasteiger partial charge >= 0.3 is 0 Å². The maximum atomic E-state index is 13.3. The lowest BCUT2D eigenvalue weighted by Crippen LogP contribution is -2.35. The summed E-state index contributed by atoms with van der Waals surface area (Å²) in [6.07, 6.45) is 2.47. The number of benzene rings is 2. The second kappa shape index (κ2) is 9.81. The van der Waals surface area contributed by atoms with Crippen LogP contribution in [-0.2, 0) is 10.0 Å². The molecule has 33 heavy (non-hydrogen) atoms. The van der Waals surface area contributed by atoms with Gasteiger partial charge in [0, 0.05) is 50.5 Å². The molecule has 0 radical (unpaired) electrons. The smallest absolute Gasteiger partial charge is 0.253 e. The first kappa shape index (κ1) is 23.1. The van der Waals surface area contributed by atoms with Crippen molar-refractivity contribution >= 4 is 21.6 Å². The van der Waals surface area contributed by atoms with Crippen molar-refractivity contribution in [2.75, 3.05) is 51.3 Å². The van der Waals surface area contributed by atoms with E-state index in [4.69, 9.17) is 10.00 Å². The summed E-state index contributed by atoms with van der Waals surface area (Å²) < 4.78 is 33.1. The van der Waals surface area contributed by atoms with Crippen LogP contribution < -0.4 is 9.64 Å². The number of amides is 1. The molecular formula is C24H28N4O4S. The molecule has 2 fully saturated rings. The molecule has 0 unspecified atom stereocenters. The number of nitrogens with zero attached hydrogens (tertiary/aromatic N) is 4. The molecule has 1 amide bonds. The van der Waals surface area contributed by atoms with E-state index < -0.39 is 10.0 Å². The van der Waals surface area contributed by atoms with Crippen LogP contribution in [0, 0.1) is 11.3 Å². The van der Waals surface area contributed by atoms with Crippen molar-refractivity contribution in [3.05, 3.63) is 53.6 Å². The van der Waals surface area contributed by atoms with Gasteiger partial charge < -0.3 is 14.5 Å². The van der Waals surface area contributed by atoms with Gasteiger partial charge in [-0.1, -0.05) is 0 Å². The maximum absolute atomic E-state index is 13.3. The summed E-state index contributed by atoms with van der Waals surface area (Å²) in [5.41, 5.74) is 1.98. The van der Waals surface area contributed by atoms with Crippen molar-refractivity contribution in [1.29, 1.82) is 5.26 Å². The molecule has 0 aliphatic carbocycles. The average Bonchev–Trinajstić information content (AvgIpc) is 3.29. The fourth-order valence-corrected chi connectivity index (χ4v) is 6.09. The summed E-state index contributed by atoms with van der Waals surface area (Å²) >= 11 is 0. The summed E-state index contributed by atoms with van der Waals surface area (Å²) in [4.78, 5) is 17.3. The number of carbonyl (C=O) groups is 1. The van der Waals surface area contributed by atoms with Crippen molar-refractivity contribution in [2.45, 2.75) is 24.2 Å². The van der Waals surface area contributed by atoms with E-state index in [0.29, 0.717) is 43.9 Å². The Kier molecular flexibility index (Phi) is 6.86. The van der Waals surface area contributed by atoms with Crippen LogP contribution in [0.1, 0.15) is 35.2 Å². The molecule has 2 aromatic carbocycles. The molecule has 2 aliphatic rings. The monoisotopic (exact) mass is 468 g/mol. The van der Waals surface area contributed by atoms with Crippen molar-refractivity contribution in [1.82, 2.24) is 9.21 Å². The first-order chi connectivity index (χ1) is 15.9. The van der Waals surface area contributed by atoms with Gasteiger partial charge in [0.05, 0.1) is 18.7 Å². The molecule has 9 heteroatoms. The van der Waals surface area contributed by atoms with Crippen LogP contribution in [0.4, 0.5) is 5.69 Å². The Morgan fingerprint density at radius 3 is 2.33 bits per heavy atom. The second-order valence-electron chi connectivity index (χ2n) is 8.27. The summed E-state index contributed by atoms with van der Waals surface area (Å²) in [6.45, 7) is 3.55. The summed E-state index contributed by atoms with van der Waals surface area (Å²) in [6, 6.07) is 14.2. The second-order valence-corrected chi connectivity index (χ2v) is 10.2. The van der Waals surface area contributed by atoms with E-state index in [1.54, 1.807) is 29.2 Å². The Bertz CT molecular complexity index is 1150. The standard InChI is InChI=1S/C24H28N4O4S/c1-32-22-10-7-20(17-23(22)33(30,31)28-13-2-3-14-28)24(29)27-12-4-11-26(15-16-27)21-8-5-19(18-25)6-9-21/h5-10,17H,2-4,11-16H2,1H3. The molecular weight excluding hydrogens is 440 g/mol. The first-order valence-corrected chi connectivity index (χ1v) is 12.6. The number of ether oxygens (including phenoxy) is 1. The number of methoxy groups -OCH3 is 1. The van der Waals surface area contributed by atoms with Gasteiger partial charge in [0.25, 0.3) is 5.91 Å². The quantitative estimate of drug-likeness (QED) is 0.670. The number of rotatable bonds is 5. The Hall–Kier alpha value is -3.09. The fourth-order valence-electron chi connectivity index (χ4n) is 4.39. The van der Waals surface area contributed by atoms with Gasteiger partial charge in [-0.25, -0.2) is 8.42 Å². The molecule has 2 heterocycles. The highest BCUT2D eigenvalue weighted by molar-refractivity contribution is 7.89. The van der Waals surface area contributed by atoms with Crippen LogP contribution >= 0.6 is 0 Å². The van der Waals surface area contributed by atoms with Gasteiger partial charge in [0.15, 0.2) is 0 Å². The Balaban J connectivity index is 1.52. The first-order valence-electron chi connectivity index (χ1n) is 11.2. The molecule has 0 aromatic heterocycles. The van der Waals surface area contributed by atoms with E-state index in [1.807, 2.05) is 12.1 Å². The summed E-state index contributed by atoms with van der Waals surface area (Å²) in [5, 5.41) is 9.00. The van der Waals surface area contributed by atoms with E-state index in [2.05, 4.69) is 11.0 Å². The molecule has 174 valence electrons. The number of anilines is 1. The zero-order chi connectivity index (χ0) is 23.4. The zero-order valence-electron chi connectivity index (χ0n) is 18.7. The van der Waals surface area contributed by atoms with Gasteiger partial charge in [0.2, 0.25) is 10.0 Å². The van der Waals surface area contributed by atoms with Gasteiger partial charge in [-0.2, -0.15) is 9.57 Å². The van der Waals surface area contributed by atoms with Gasteiger partial charge in [-0.05, 0) is 61.7 Å². The Morgan fingerprint density at radius 1 is 0.939 bits per heavy atom. The fraction of sp³-hybridized carbons (Fsp3) is 0.417. The molecule has 0 atom stereocenters. The van der Waals surface area contributed by atoms with Crippen LogP contribution in [0.25, 0.3) is 0 Å². The Morgan fingerprint density at radius 2 is 1.67 bits per heavy atom. The summed E-state index contributed by atoms with van der Waals surface area (Å²) in [5.74, 6) is 0.0681. The highest BCUT2D eigenvalue weighted by atomic mass is 32.2. The molecule has 0 bridgehead atoms. The maximum Gasteiger partial charge on any atom is 0.253 e. The number of nitriles is 1. The van der Waals surface area contributed by atoms with E-state index >= 15 is 0 Å². The molecule has 2 aliphatic heterocycles. The van der Waals surface area contributed by atoms with E-state index in [-0.39, 0.29) is 16.6 Å². The van der Waals surface area contributed by atoms with Crippen LogP contribution in [0.2, 0.25) is 0 Å². The van der Waals surface area contributed by atoms with Crippen LogP contribution in [0.15, 0.2) is 47.4 Å². The predicted octanol–water partition coefficient (Wildman–Crippen LogP) is 2.70.